The fourth-order valence-corrected chi connectivity index (χ4v) is 2.53. The Bertz CT molecular complexity index is 976. The van der Waals surface area contributed by atoms with Crippen LogP contribution in [0.5, 0.6) is 5.75 Å². The van der Waals surface area contributed by atoms with E-state index in [4.69, 9.17) is 15.6 Å². The summed E-state index contributed by atoms with van der Waals surface area (Å²) in [6, 6.07) is 4.83. The van der Waals surface area contributed by atoms with Gasteiger partial charge in [-0.3, -0.25) is 24.3 Å². The molecule has 2 amide bonds. The Morgan fingerprint density at radius 1 is 1.21 bits per heavy atom. The number of rotatable bonds is 3. The first kappa shape index (κ1) is 15.3. The number of pyridine rings is 1. The molecule has 0 bridgehead atoms. The van der Waals surface area contributed by atoms with E-state index in [0.717, 1.165) is 10.6 Å². The van der Waals surface area contributed by atoms with Crippen LogP contribution >= 0.6 is 0 Å². The van der Waals surface area contributed by atoms with Gasteiger partial charge in [-0.1, -0.05) is 0 Å². The third-order valence-electron chi connectivity index (χ3n) is 3.62. The normalized spacial score (nSPS) is 12.7. The predicted molar refractivity (Wildman–Crippen MR) is 81.8 cm³/mol. The highest BCUT2D eigenvalue weighted by molar-refractivity contribution is 6.23. The lowest BCUT2D eigenvalue weighted by atomic mass is 10.1. The fraction of sp³-hybridized carbons (Fsp3) is 0.0667. The van der Waals surface area contributed by atoms with Crippen molar-refractivity contribution in [3.63, 3.8) is 0 Å². The minimum absolute atomic E-state index is 0.0508. The Morgan fingerprint density at radius 2 is 1.92 bits per heavy atom. The Morgan fingerprint density at radius 3 is 2.54 bits per heavy atom. The number of carboxylic acid groups (broad SMARTS) is 1. The van der Waals surface area contributed by atoms with Crippen molar-refractivity contribution in [3.05, 3.63) is 51.3 Å². The van der Waals surface area contributed by atoms with Crippen LogP contribution in [0.15, 0.2) is 29.1 Å². The van der Waals surface area contributed by atoms with Crippen LogP contribution in [-0.2, 0) is 0 Å². The smallest absolute Gasteiger partial charge is 0.335 e. The van der Waals surface area contributed by atoms with Crippen LogP contribution in [-0.4, -0.2) is 34.6 Å². The van der Waals surface area contributed by atoms with Gasteiger partial charge in [0.05, 0.1) is 29.5 Å². The molecule has 3 rings (SSSR count). The molecule has 2 aromatic rings. The molecule has 1 aromatic carbocycles. The number of aromatic nitrogens is 1. The number of carbonyl (C=O) groups is 3. The Kier molecular flexibility index (Phi) is 3.33. The van der Waals surface area contributed by atoms with Gasteiger partial charge in [0, 0.05) is 6.07 Å². The third kappa shape index (κ3) is 2.10. The summed E-state index contributed by atoms with van der Waals surface area (Å²) in [4.78, 5) is 47.1. The second-order valence-electron chi connectivity index (χ2n) is 4.97. The number of benzene rings is 1. The van der Waals surface area contributed by atoms with Crippen molar-refractivity contribution in [2.45, 2.75) is 0 Å². The first-order valence-corrected chi connectivity index (χ1v) is 6.68. The zero-order chi connectivity index (χ0) is 17.6. The highest BCUT2D eigenvalue weighted by atomic mass is 16.5. The van der Waals surface area contributed by atoms with Crippen LogP contribution in [0, 0.1) is 0 Å². The van der Waals surface area contributed by atoms with E-state index < -0.39 is 23.3 Å². The number of amides is 2. The lowest BCUT2D eigenvalue weighted by molar-refractivity contribution is 0.0696. The molecule has 1 aromatic heterocycles. The summed E-state index contributed by atoms with van der Waals surface area (Å²) in [6.07, 6.45) is 0. The zero-order valence-corrected chi connectivity index (χ0v) is 12.3. The van der Waals surface area contributed by atoms with E-state index in [0.29, 0.717) is 0 Å². The number of carbonyl (C=O) groups excluding carboxylic acids is 2. The summed E-state index contributed by atoms with van der Waals surface area (Å²) in [5.41, 5.74) is 4.92. The van der Waals surface area contributed by atoms with Crippen molar-refractivity contribution in [1.29, 1.82) is 0 Å². The highest BCUT2D eigenvalue weighted by Gasteiger charge is 2.32. The van der Waals surface area contributed by atoms with Crippen molar-refractivity contribution in [3.8, 4) is 11.4 Å². The summed E-state index contributed by atoms with van der Waals surface area (Å²) < 4.78 is 6.07. The van der Waals surface area contributed by atoms with Gasteiger partial charge >= 0.3 is 5.97 Å². The maximum atomic E-state index is 12.4. The number of anilines is 1. The number of nitrogen functional groups attached to an aromatic ring is 1. The van der Waals surface area contributed by atoms with Crippen molar-refractivity contribution < 1.29 is 24.2 Å². The molecule has 2 heterocycles. The molecule has 0 fully saturated rings. The van der Waals surface area contributed by atoms with Gasteiger partial charge < -0.3 is 15.6 Å². The number of fused-ring (bicyclic) bond motifs is 1. The van der Waals surface area contributed by atoms with E-state index in [-0.39, 0.29) is 33.9 Å². The number of nitrogens with two attached hydrogens (primary N) is 1. The number of nitrogens with zero attached hydrogens (tertiary/aromatic N) is 1. The number of ether oxygens (including phenoxy) is 1. The second kappa shape index (κ2) is 5.23. The zero-order valence-electron chi connectivity index (χ0n) is 12.3. The van der Waals surface area contributed by atoms with Crippen LogP contribution < -0.4 is 21.3 Å². The molecule has 1 aliphatic rings. The van der Waals surface area contributed by atoms with Crippen molar-refractivity contribution in [2.24, 2.45) is 0 Å². The van der Waals surface area contributed by atoms with E-state index in [9.17, 15) is 19.2 Å². The van der Waals surface area contributed by atoms with E-state index in [1.54, 1.807) is 0 Å². The number of carboxylic acids is 1. The molecule has 0 spiro atoms. The highest BCUT2D eigenvalue weighted by Crippen LogP contribution is 2.28. The molecule has 24 heavy (non-hydrogen) atoms. The molecular formula is C15H11N3O6. The SMILES string of the molecule is COc1ccc(C(=O)O)cc1-n1c(N)c2c(cc1=O)C(=O)NC2=O. The van der Waals surface area contributed by atoms with E-state index in [1.807, 2.05) is 0 Å². The van der Waals surface area contributed by atoms with Gasteiger partial charge in [-0.15, -0.1) is 0 Å². The number of methoxy groups -OCH3 is 1. The largest absolute Gasteiger partial charge is 0.495 e. The average Bonchev–Trinajstić information content (AvgIpc) is 2.81. The number of imide groups is 1. The average molecular weight is 329 g/mol. The summed E-state index contributed by atoms with van der Waals surface area (Å²) in [7, 11) is 1.34. The van der Waals surface area contributed by atoms with Gasteiger partial charge in [-0.05, 0) is 18.2 Å². The van der Waals surface area contributed by atoms with Crippen LogP contribution in [0.1, 0.15) is 31.1 Å². The molecule has 0 saturated carbocycles. The summed E-state index contributed by atoms with van der Waals surface area (Å²) in [5, 5.41) is 11.2. The first-order valence-electron chi connectivity index (χ1n) is 6.68. The van der Waals surface area contributed by atoms with Gasteiger partial charge in [0.1, 0.15) is 11.6 Å². The molecule has 9 heteroatoms. The molecule has 9 nitrogen and oxygen atoms in total. The van der Waals surface area contributed by atoms with Gasteiger partial charge in [-0.2, -0.15) is 0 Å². The standard InChI is InChI=1S/C15H11N3O6/c1-24-9-3-2-6(15(22)23)4-8(9)18-10(19)5-7-11(12(18)16)14(21)17-13(7)20/h2-5H,16H2,1H3,(H,22,23)(H,17,20,21). The van der Waals surface area contributed by atoms with Crippen LogP contribution in [0.2, 0.25) is 0 Å². The van der Waals surface area contributed by atoms with Crippen molar-refractivity contribution in [1.82, 2.24) is 9.88 Å². The quantitative estimate of drug-likeness (QED) is 0.674. The monoisotopic (exact) mass is 329 g/mol. The molecule has 0 saturated heterocycles. The number of hydrogen-bond donors (Lipinski definition) is 3. The van der Waals surface area contributed by atoms with Crippen LogP contribution in [0.4, 0.5) is 5.82 Å². The van der Waals surface area contributed by atoms with Crippen LogP contribution in [0.3, 0.4) is 0 Å². The summed E-state index contributed by atoms with van der Waals surface area (Å²) in [5.74, 6) is -2.74. The third-order valence-corrected chi connectivity index (χ3v) is 3.62. The Balaban J connectivity index is 2.36. The Hall–Kier alpha value is -3.62. The number of hydrogen-bond acceptors (Lipinski definition) is 6. The number of aromatic carboxylic acids is 1. The summed E-state index contributed by atoms with van der Waals surface area (Å²) >= 11 is 0. The maximum absolute atomic E-state index is 12.4. The van der Waals surface area contributed by atoms with Gasteiger partial charge in [-0.25, -0.2) is 4.79 Å². The van der Waals surface area contributed by atoms with Crippen molar-refractivity contribution >= 4 is 23.6 Å². The van der Waals surface area contributed by atoms with E-state index in [1.165, 1.54) is 25.3 Å². The molecule has 4 N–H and O–H groups in total. The van der Waals surface area contributed by atoms with Crippen molar-refractivity contribution in [2.75, 3.05) is 12.8 Å². The predicted octanol–water partition coefficient (Wildman–Crippen LogP) is 0.0101. The molecule has 122 valence electrons. The summed E-state index contributed by atoms with van der Waals surface area (Å²) in [6.45, 7) is 0. The molecule has 0 atom stereocenters. The molecule has 0 aliphatic carbocycles. The first-order chi connectivity index (χ1) is 11.3. The molecule has 0 radical (unpaired) electrons. The Labute approximate surface area is 134 Å². The minimum Gasteiger partial charge on any atom is -0.495 e. The van der Waals surface area contributed by atoms with E-state index in [2.05, 4.69) is 5.32 Å². The maximum Gasteiger partial charge on any atom is 0.335 e. The van der Waals surface area contributed by atoms with Gasteiger partial charge in [0.25, 0.3) is 17.4 Å². The number of nitrogens with one attached hydrogen (secondary N) is 1. The van der Waals surface area contributed by atoms with E-state index >= 15 is 0 Å². The fourth-order valence-electron chi connectivity index (χ4n) is 2.53. The molecular weight excluding hydrogens is 318 g/mol. The minimum atomic E-state index is -1.21. The van der Waals surface area contributed by atoms with Gasteiger partial charge in [0.15, 0.2) is 0 Å². The topological polar surface area (TPSA) is 141 Å². The lowest BCUT2D eigenvalue weighted by Crippen LogP contribution is -2.24. The molecule has 0 unspecified atom stereocenters. The second-order valence-corrected chi connectivity index (χ2v) is 4.97. The van der Waals surface area contributed by atoms with Gasteiger partial charge in [0.2, 0.25) is 0 Å². The van der Waals surface area contributed by atoms with Crippen LogP contribution in [0.25, 0.3) is 5.69 Å². The molecule has 1 aliphatic heterocycles. The lowest BCUT2D eigenvalue weighted by Gasteiger charge is -2.15.